The van der Waals surface area contributed by atoms with Crippen molar-refractivity contribution >= 4 is 55.6 Å². The van der Waals surface area contributed by atoms with Gasteiger partial charge >= 0.3 is 6.18 Å². The zero-order valence-corrected chi connectivity index (χ0v) is 20.2. The topological polar surface area (TPSA) is 98.0 Å². The SMILES string of the molecule is O=C(NC1CS(=O)(=O)C1)c1ccc(C2=NOC(c3cc(Cl)c(F)c(Cl)c3)(C(F)(F)F)C2)c2ccoc12. The van der Waals surface area contributed by atoms with Gasteiger partial charge in [-0.2, -0.15) is 13.2 Å². The Bertz CT molecular complexity index is 1520. The standard InChI is InChI=1S/C22H14Cl2F4N2O5S/c23-15-5-10(6-16(24)18(15)25)21(22(26,27)28)7-17(30-35-21)12-1-2-14(19-13(12)3-4-34-19)20(31)29-11-8-36(32,33)9-11/h1-6,11H,7-9H2,(H,29,31). The van der Waals surface area contributed by atoms with Gasteiger partial charge in [-0.1, -0.05) is 34.4 Å². The van der Waals surface area contributed by atoms with Gasteiger partial charge in [-0.25, -0.2) is 12.8 Å². The van der Waals surface area contributed by atoms with Crippen molar-refractivity contribution < 1.29 is 40.0 Å². The predicted molar refractivity (Wildman–Crippen MR) is 123 cm³/mol. The van der Waals surface area contributed by atoms with Crippen molar-refractivity contribution in [1.82, 2.24) is 5.32 Å². The number of hydrogen-bond acceptors (Lipinski definition) is 6. The largest absolute Gasteiger partial charge is 0.463 e. The second-order valence-electron chi connectivity index (χ2n) is 8.46. The molecule has 1 N–H and O–H groups in total. The van der Waals surface area contributed by atoms with E-state index in [0.29, 0.717) is 5.39 Å². The van der Waals surface area contributed by atoms with E-state index >= 15 is 0 Å². The van der Waals surface area contributed by atoms with Crippen molar-refractivity contribution in [3.8, 4) is 0 Å². The van der Waals surface area contributed by atoms with E-state index in [0.717, 1.165) is 12.1 Å². The molecule has 0 bridgehead atoms. The predicted octanol–water partition coefficient (Wildman–Crippen LogP) is 4.99. The number of alkyl halides is 3. The minimum Gasteiger partial charge on any atom is -0.463 e. The second-order valence-corrected chi connectivity index (χ2v) is 11.4. The summed E-state index contributed by atoms with van der Waals surface area (Å²) in [6.07, 6.45) is -4.52. The molecule has 36 heavy (non-hydrogen) atoms. The Balaban J connectivity index is 1.49. The van der Waals surface area contributed by atoms with Crippen molar-refractivity contribution in [2.45, 2.75) is 24.2 Å². The lowest BCUT2D eigenvalue weighted by Gasteiger charge is -2.29. The summed E-state index contributed by atoms with van der Waals surface area (Å²) in [6, 6.07) is 5.22. The van der Waals surface area contributed by atoms with Crippen LogP contribution in [0.2, 0.25) is 10.0 Å². The number of oxime groups is 1. The van der Waals surface area contributed by atoms with E-state index in [1.807, 2.05) is 0 Å². The molecule has 0 aliphatic carbocycles. The van der Waals surface area contributed by atoms with Crippen LogP contribution in [0.25, 0.3) is 11.0 Å². The number of halogens is 6. The molecule has 0 spiro atoms. The Morgan fingerprint density at radius 2 is 1.81 bits per heavy atom. The minimum atomic E-state index is -4.98. The number of nitrogens with one attached hydrogen (secondary N) is 1. The van der Waals surface area contributed by atoms with E-state index in [-0.39, 0.29) is 33.9 Å². The summed E-state index contributed by atoms with van der Waals surface area (Å²) in [7, 11) is -3.16. The minimum absolute atomic E-state index is 0.0711. The summed E-state index contributed by atoms with van der Waals surface area (Å²) < 4.78 is 84.9. The number of hydrogen-bond donors (Lipinski definition) is 1. The van der Waals surface area contributed by atoms with Crippen LogP contribution in [-0.2, 0) is 20.3 Å². The number of rotatable bonds is 4. The van der Waals surface area contributed by atoms with Gasteiger partial charge in [-0.3, -0.25) is 4.79 Å². The summed E-state index contributed by atoms with van der Waals surface area (Å²) in [6.45, 7) is 0. The lowest BCUT2D eigenvalue weighted by Crippen LogP contribution is -2.52. The zero-order valence-electron chi connectivity index (χ0n) is 17.8. The van der Waals surface area contributed by atoms with Crippen molar-refractivity contribution in [3.05, 3.63) is 69.1 Å². The fourth-order valence-corrected chi connectivity index (χ4v) is 6.02. The number of carbonyl (C=O) groups is 1. The highest BCUT2D eigenvalue weighted by atomic mass is 35.5. The molecular formula is C22H14Cl2F4N2O5S. The first-order valence-corrected chi connectivity index (χ1v) is 12.9. The second kappa shape index (κ2) is 8.35. The number of amides is 1. The number of nitrogens with zero attached hydrogens (tertiary/aromatic N) is 1. The lowest BCUT2D eigenvalue weighted by atomic mass is 9.86. The molecule has 1 amide bonds. The summed E-state index contributed by atoms with van der Waals surface area (Å²) >= 11 is 11.5. The first-order valence-electron chi connectivity index (χ1n) is 10.3. The van der Waals surface area contributed by atoms with Gasteiger partial charge in [-0.15, -0.1) is 0 Å². The van der Waals surface area contributed by atoms with Crippen molar-refractivity contribution in [3.63, 3.8) is 0 Å². The van der Waals surface area contributed by atoms with E-state index in [1.165, 1.54) is 24.5 Å². The fourth-order valence-electron chi connectivity index (χ4n) is 4.24. The average molecular weight is 565 g/mol. The molecule has 2 aliphatic rings. The molecule has 0 radical (unpaired) electrons. The third-order valence-electron chi connectivity index (χ3n) is 6.05. The highest BCUT2D eigenvalue weighted by Gasteiger charge is 2.62. The van der Waals surface area contributed by atoms with E-state index in [4.69, 9.17) is 32.5 Å². The van der Waals surface area contributed by atoms with Crippen molar-refractivity contribution in [1.29, 1.82) is 0 Å². The molecule has 1 fully saturated rings. The first kappa shape index (κ1) is 24.8. The molecule has 5 rings (SSSR count). The maximum Gasteiger partial charge on any atom is 0.435 e. The normalized spacial score (nSPS) is 21.7. The van der Waals surface area contributed by atoms with Crippen LogP contribution in [0, 0.1) is 5.82 Å². The van der Waals surface area contributed by atoms with Gasteiger partial charge in [0, 0.05) is 22.9 Å². The first-order chi connectivity index (χ1) is 16.8. The number of fused-ring (bicyclic) bond motifs is 1. The van der Waals surface area contributed by atoms with E-state index in [9.17, 15) is 30.8 Å². The molecule has 1 atom stereocenters. The van der Waals surface area contributed by atoms with Crippen LogP contribution in [0.4, 0.5) is 17.6 Å². The van der Waals surface area contributed by atoms with Gasteiger partial charge in [-0.05, 0) is 24.3 Å². The van der Waals surface area contributed by atoms with Crippen molar-refractivity contribution in [2.24, 2.45) is 5.16 Å². The van der Waals surface area contributed by atoms with Gasteiger partial charge in [0.05, 0.1) is 45.1 Å². The van der Waals surface area contributed by atoms with Crippen LogP contribution in [0.5, 0.6) is 0 Å². The molecule has 3 heterocycles. The highest BCUT2D eigenvalue weighted by Crippen LogP contribution is 2.50. The summed E-state index contributed by atoms with van der Waals surface area (Å²) in [4.78, 5) is 17.7. The molecule has 1 saturated heterocycles. The van der Waals surface area contributed by atoms with Gasteiger partial charge < -0.3 is 14.6 Å². The summed E-state index contributed by atoms with van der Waals surface area (Å²) in [5.74, 6) is -2.01. The molecular weight excluding hydrogens is 551 g/mol. The molecule has 0 saturated carbocycles. The summed E-state index contributed by atoms with van der Waals surface area (Å²) in [5.41, 5.74) is -3.25. The Labute approximate surface area is 210 Å². The Morgan fingerprint density at radius 3 is 2.42 bits per heavy atom. The van der Waals surface area contributed by atoms with Gasteiger partial charge in [0.15, 0.2) is 15.7 Å². The average Bonchev–Trinajstić information content (AvgIpc) is 3.43. The lowest BCUT2D eigenvalue weighted by molar-refractivity contribution is -0.275. The molecule has 2 aliphatic heterocycles. The highest BCUT2D eigenvalue weighted by molar-refractivity contribution is 7.92. The van der Waals surface area contributed by atoms with Gasteiger partial charge in [0.1, 0.15) is 5.58 Å². The maximum absolute atomic E-state index is 14.3. The number of sulfone groups is 1. The van der Waals surface area contributed by atoms with E-state index in [2.05, 4.69) is 10.5 Å². The smallest absolute Gasteiger partial charge is 0.435 e. The third-order valence-corrected chi connectivity index (χ3v) is 8.42. The maximum atomic E-state index is 14.3. The number of furan rings is 1. The fraction of sp³-hybridized carbons (Fsp3) is 0.273. The third kappa shape index (κ3) is 4.00. The van der Waals surface area contributed by atoms with Crippen LogP contribution in [0.15, 0.2) is 46.2 Å². The van der Waals surface area contributed by atoms with Crippen LogP contribution < -0.4 is 5.32 Å². The van der Waals surface area contributed by atoms with Crippen LogP contribution in [-0.4, -0.2) is 43.8 Å². The molecule has 190 valence electrons. The molecule has 1 unspecified atom stereocenters. The van der Waals surface area contributed by atoms with E-state index in [1.54, 1.807) is 0 Å². The number of benzene rings is 2. The van der Waals surface area contributed by atoms with Crippen LogP contribution in [0.3, 0.4) is 0 Å². The van der Waals surface area contributed by atoms with Crippen molar-refractivity contribution in [2.75, 3.05) is 11.5 Å². The van der Waals surface area contributed by atoms with Crippen LogP contribution in [0.1, 0.15) is 27.9 Å². The Morgan fingerprint density at radius 1 is 1.14 bits per heavy atom. The van der Waals surface area contributed by atoms with Gasteiger partial charge in [0.25, 0.3) is 11.5 Å². The quantitative estimate of drug-likeness (QED) is 0.355. The Hall–Kier alpha value is -2.83. The van der Waals surface area contributed by atoms with E-state index < -0.39 is 61.4 Å². The molecule has 3 aromatic rings. The Kier molecular flexibility index (Phi) is 5.77. The zero-order chi connectivity index (χ0) is 26.0. The van der Waals surface area contributed by atoms with Crippen LogP contribution >= 0.6 is 23.2 Å². The molecule has 1 aromatic heterocycles. The molecule has 7 nitrogen and oxygen atoms in total. The monoisotopic (exact) mass is 564 g/mol. The molecule has 2 aromatic carbocycles. The van der Waals surface area contributed by atoms with Gasteiger partial charge in [0.2, 0.25) is 0 Å². The molecule has 14 heteroatoms. The number of carbonyl (C=O) groups excluding carboxylic acids is 1. The summed E-state index contributed by atoms with van der Waals surface area (Å²) in [5, 5.41) is 5.35.